The second-order valence-corrected chi connectivity index (χ2v) is 7.24. The fraction of sp³-hybridized carbons (Fsp3) is 0. The van der Waals surface area contributed by atoms with Crippen molar-refractivity contribution in [2.45, 2.75) is 9.79 Å². The molecule has 7 heteroatoms. The molecule has 2 unspecified atom stereocenters. The van der Waals surface area contributed by atoms with Crippen LogP contribution in [0.4, 0.5) is 0 Å². The molecule has 0 aliphatic heterocycles. The Labute approximate surface area is 192 Å². The number of rotatable bonds is 2. The van der Waals surface area contributed by atoms with Crippen LogP contribution in [0.5, 0.6) is 0 Å². The van der Waals surface area contributed by atoms with Gasteiger partial charge in [0.25, 0.3) is 0 Å². The molecule has 0 aromatic heterocycles. The van der Waals surface area contributed by atoms with Crippen LogP contribution in [-0.2, 0) is 22.2 Å². The fourth-order valence-corrected chi connectivity index (χ4v) is 3.79. The summed E-state index contributed by atoms with van der Waals surface area (Å²) < 4.78 is 43.3. The molecule has 132 valence electrons. The molecule has 0 bridgehead atoms. The summed E-state index contributed by atoms with van der Waals surface area (Å²) in [7, 11) is 0. The number of hydrogen-bond acceptors (Lipinski definition) is 4. The smallest absolute Gasteiger partial charge is 0.768 e. The number of fused-ring (bicyclic) bond motifs is 2. The van der Waals surface area contributed by atoms with Crippen molar-refractivity contribution < 1.29 is 17.5 Å². The Morgan fingerprint density at radius 3 is 1.22 bits per heavy atom. The molecule has 4 nitrogen and oxygen atoms in total. The van der Waals surface area contributed by atoms with Gasteiger partial charge in [-0.3, -0.25) is 8.42 Å². The summed E-state index contributed by atoms with van der Waals surface area (Å²) in [4.78, 5) is 0.719. The van der Waals surface area contributed by atoms with E-state index in [0.717, 1.165) is 21.5 Å². The van der Waals surface area contributed by atoms with Crippen molar-refractivity contribution in [2.24, 2.45) is 0 Å². The zero-order valence-corrected chi connectivity index (χ0v) is 18.1. The third-order valence-corrected chi connectivity index (χ3v) is 5.29. The Morgan fingerprint density at radius 1 is 0.519 bits per heavy atom. The van der Waals surface area contributed by atoms with Gasteiger partial charge >= 0.3 is 37.7 Å². The molecule has 4 rings (SSSR count). The molecule has 0 saturated carbocycles. The Morgan fingerprint density at radius 2 is 0.852 bits per heavy atom. The number of hydrogen-bond donors (Lipinski definition) is 0. The van der Waals surface area contributed by atoms with Crippen LogP contribution >= 0.6 is 0 Å². The Balaban J connectivity index is 0.000000187. The van der Waals surface area contributed by atoms with Crippen LogP contribution in [0.2, 0.25) is 0 Å². The molecule has 0 spiro atoms. The van der Waals surface area contributed by atoms with E-state index in [2.05, 4.69) is 0 Å². The predicted octanol–water partition coefficient (Wildman–Crippen LogP) is 3.77. The molecule has 0 N–H and O–H groups in total. The Kier molecular flexibility index (Phi) is 8.57. The molecule has 0 amide bonds. The molecular formula is C20H14CaO4S2. The molecule has 4 aromatic rings. The van der Waals surface area contributed by atoms with E-state index in [-0.39, 0.29) is 37.7 Å². The zero-order valence-electron chi connectivity index (χ0n) is 14.2. The van der Waals surface area contributed by atoms with Gasteiger partial charge in [-0.2, -0.15) is 0 Å². The van der Waals surface area contributed by atoms with Crippen LogP contribution in [0.1, 0.15) is 0 Å². The van der Waals surface area contributed by atoms with E-state index in [4.69, 9.17) is 0 Å². The third-order valence-electron chi connectivity index (χ3n) is 3.86. The Hall–Kier alpha value is -1.12. The summed E-state index contributed by atoms with van der Waals surface area (Å²) in [6, 6.07) is 25.3. The summed E-state index contributed by atoms with van der Waals surface area (Å²) >= 11 is -4.31. The fourth-order valence-electron chi connectivity index (χ4n) is 2.68. The molecule has 0 fully saturated rings. The van der Waals surface area contributed by atoms with Gasteiger partial charge in [0.15, 0.2) is 0 Å². The van der Waals surface area contributed by atoms with Crippen molar-refractivity contribution in [3.05, 3.63) is 84.9 Å². The average Bonchev–Trinajstić information content (AvgIpc) is 2.67. The quantitative estimate of drug-likeness (QED) is 0.364. The van der Waals surface area contributed by atoms with E-state index in [1.54, 1.807) is 36.4 Å². The minimum Gasteiger partial charge on any atom is -0.768 e. The summed E-state index contributed by atoms with van der Waals surface area (Å²) in [6.07, 6.45) is 0. The maximum atomic E-state index is 10.8. The van der Waals surface area contributed by atoms with E-state index in [1.165, 1.54) is 0 Å². The minimum atomic E-state index is -2.15. The molecule has 0 aliphatic rings. The van der Waals surface area contributed by atoms with Gasteiger partial charge in [-0.15, -0.1) is 0 Å². The third kappa shape index (κ3) is 5.45. The molecule has 0 aliphatic carbocycles. The van der Waals surface area contributed by atoms with Crippen molar-refractivity contribution in [3.63, 3.8) is 0 Å². The second-order valence-electron chi connectivity index (χ2n) is 5.42. The first kappa shape index (κ1) is 22.2. The summed E-state index contributed by atoms with van der Waals surface area (Å²) in [5.41, 5.74) is 0. The van der Waals surface area contributed by atoms with E-state index in [1.807, 2.05) is 48.5 Å². The molecule has 0 saturated heterocycles. The molecule has 27 heavy (non-hydrogen) atoms. The van der Waals surface area contributed by atoms with Crippen LogP contribution in [0.15, 0.2) is 94.7 Å². The first-order chi connectivity index (χ1) is 12.6. The summed E-state index contributed by atoms with van der Waals surface area (Å²) in [5, 5.41) is 3.45. The summed E-state index contributed by atoms with van der Waals surface area (Å²) in [5.74, 6) is 0. The zero-order chi connectivity index (χ0) is 18.5. The second kappa shape index (κ2) is 10.4. The molecule has 2 atom stereocenters. The van der Waals surface area contributed by atoms with Crippen molar-refractivity contribution in [3.8, 4) is 0 Å². The standard InChI is InChI=1S/2C10H8O2S.Ca/c2*11-13(12)10-7-3-5-8-4-1-2-6-9(8)10;/h2*1-7H,(H,11,12);/q;;+2/p-2. The van der Waals surface area contributed by atoms with E-state index in [0.29, 0.717) is 9.79 Å². The van der Waals surface area contributed by atoms with Gasteiger partial charge in [0, 0.05) is 9.79 Å². The normalized spacial score (nSPS) is 12.5. The number of benzene rings is 4. The van der Waals surface area contributed by atoms with Crippen LogP contribution in [0.3, 0.4) is 0 Å². The predicted molar refractivity (Wildman–Crippen MR) is 108 cm³/mol. The first-order valence-corrected chi connectivity index (χ1v) is 9.87. The maximum absolute atomic E-state index is 10.8. The molecular weight excluding hydrogens is 408 g/mol. The van der Waals surface area contributed by atoms with E-state index >= 15 is 0 Å². The largest absolute Gasteiger partial charge is 2.00 e. The van der Waals surface area contributed by atoms with Crippen molar-refractivity contribution >= 4 is 81.4 Å². The van der Waals surface area contributed by atoms with Crippen LogP contribution in [0, 0.1) is 0 Å². The van der Waals surface area contributed by atoms with Gasteiger partial charge in [-0.05, 0) is 55.8 Å². The van der Waals surface area contributed by atoms with Crippen molar-refractivity contribution in [1.29, 1.82) is 0 Å². The van der Waals surface area contributed by atoms with Gasteiger partial charge < -0.3 is 9.11 Å². The van der Waals surface area contributed by atoms with Gasteiger partial charge in [-0.25, -0.2) is 0 Å². The first-order valence-electron chi connectivity index (χ1n) is 7.72. The van der Waals surface area contributed by atoms with E-state index in [9.17, 15) is 17.5 Å². The van der Waals surface area contributed by atoms with Gasteiger partial charge in [-0.1, -0.05) is 72.8 Å². The average molecular weight is 423 g/mol. The van der Waals surface area contributed by atoms with Crippen molar-refractivity contribution in [2.75, 3.05) is 0 Å². The summed E-state index contributed by atoms with van der Waals surface area (Å²) in [6.45, 7) is 0. The van der Waals surface area contributed by atoms with Gasteiger partial charge in [0.2, 0.25) is 0 Å². The molecule has 4 aromatic carbocycles. The van der Waals surface area contributed by atoms with Gasteiger partial charge in [0.05, 0.1) is 0 Å². The Bertz CT molecular complexity index is 1020. The van der Waals surface area contributed by atoms with Crippen LogP contribution in [-0.4, -0.2) is 55.3 Å². The topological polar surface area (TPSA) is 80.3 Å². The monoisotopic (exact) mass is 422 g/mol. The minimum absolute atomic E-state index is 0. The molecule has 0 radical (unpaired) electrons. The molecule has 0 heterocycles. The van der Waals surface area contributed by atoms with Crippen LogP contribution in [0.25, 0.3) is 21.5 Å². The maximum Gasteiger partial charge on any atom is 2.00 e. The van der Waals surface area contributed by atoms with Crippen molar-refractivity contribution in [1.82, 2.24) is 0 Å². The SMILES string of the molecule is O=S([O-])c1cccc2ccccc12.O=S([O-])c1cccc2ccccc12.[Ca+2]. The van der Waals surface area contributed by atoms with E-state index < -0.39 is 22.2 Å². The van der Waals surface area contributed by atoms with Crippen LogP contribution < -0.4 is 0 Å². The van der Waals surface area contributed by atoms with Gasteiger partial charge in [0.1, 0.15) is 0 Å².